The fourth-order valence-electron chi connectivity index (χ4n) is 1.59. The average Bonchev–Trinajstić information content (AvgIpc) is 2.13. The maximum Gasteiger partial charge on any atom is 0.0202 e. The molecule has 1 heteroatoms. The predicted octanol–water partition coefficient (Wildman–Crippen LogP) is 3.04. The van der Waals surface area contributed by atoms with E-state index in [9.17, 15) is 0 Å². The molecular weight excluding hydrogens is 158 g/mol. The lowest BCUT2D eigenvalue weighted by Crippen LogP contribution is -2.18. The molecule has 0 amide bonds. The Hall–Kier alpha value is -0.560. The number of unbranched alkanes of at least 4 members (excludes halogenated alkanes) is 1. The van der Waals surface area contributed by atoms with E-state index < -0.39 is 0 Å². The Morgan fingerprint density at radius 1 is 1.46 bits per heavy atom. The van der Waals surface area contributed by atoms with Crippen LogP contribution in [0.1, 0.15) is 39.5 Å². The molecule has 0 heterocycles. The minimum absolute atomic E-state index is 1.05. The van der Waals surface area contributed by atoms with Gasteiger partial charge in [0.25, 0.3) is 0 Å². The zero-order chi connectivity index (χ0) is 9.52. The summed E-state index contributed by atoms with van der Waals surface area (Å²) < 4.78 is 0. The molecule has 0 radical (unpaired) electrons. The summed E-state index contributed by atoms with van der Waals surface area (Å²) in [6.07, 6.45) is 9.72. The van der Waals surface area contributed by atoms with Crippen LogP contribution in [-0.2, 0) is 0 Å². The fraction of sp³-hybridized carbons (Fsp3) is 0.667. The molecule has 1 nitrogen and oxygen atoms in total. The number of nitrogens with one attached hydrogen (secondary N) is 1. The van der Waals surface area contributed by atoms with Gasteiger partial charge < -0.3 is 5.32 Å². The van der Waals surface area contributed by atoms with Crippen molar-refractivity contribution < 1.29 is 0 Å². The Labute approximate surface area is 81.9 Å². The summed E-state index contributed by atoms with van der Waals surface area (Å²) in [5.41, 5.74) is 3.00. The zero-order valence-corrected chi connectivity index (χ0v) is 8.90. The van der Waals surface area contributed by atoms with Crippen molar-refractivity contribution in [3.8, 4) is 0 Å². The second-order valence-electron chi connectivity index (χ2n) is 3.84. The maximum absolute atomic E-state index is 3.46. The highest BCUT2D eigenvalue weighted by Crippen LogP contribution is 2.15. The Morgan fingerprint density at radius 2 is 2.31 bits per heavy atom. The van der Waals surface area contributed by atoms with Gasteiger partial charge in [-0.05, 0) is 38.3 Å². The summed E-state index contributed by atoms with van der Waals surface area (Å²) in [5, 5.41) is 3.46. The largest absolute Gasteiger partial charge is 0.313 e. The lowest BCUT2D eigenvalue weighted by Gasteiger charge is -2.11. The Morgan fingerprint density at radius 3 is 3.00 bits per heavy atom. The van der Waals surface area contributed by atoms with E-state index in [1.807, 2.05) is 0 Å². The Kier molecular flexibility index (Phi) is 4.84. The van der Waals surface area contributed by atoms with Crippen molar-refractivity contribution in [2.24, 2.45) is 0 Å². The minimum atomic E-state index is 1.05. The molecule has 0 aromatic heterocycles. The topological polar surface area (TPSA) is 12.0 Å². The van der Waals surface area contributed by atoms with Gasteiger partial charge in [-0.25, -0.2) is 0 Å². The summed E-state index contributed by atoms with van der Waals surface area (Å²) >= 11 is 0. The summed E-state index contributed by atoms with van der Waals surface area (Å²) in [4.78, 5) is 0. The highest BCUT2D eigenvalue weighted by atomic mass is 14.8. The van der Waals surface area contributed by atoms with Crippen LogP contribution < -0.4 is 5.32 Å². The molecule has 0 bridgehead atoms. The molecule has 1 rings (SSSR count). The average molecular weight is 179 g/mol. The molecule has 0 spiro atoms. The van der Waals surface area contributed by atoms with Gasteiger partial charge in [-0.2, -0.15) is 0 Å². The van der Waals surface area contributed by atoms with E-state index in [4.69, 9.17) is 0 Å². The van der Waals surface area contributed by atoms with Crippen LogP contribution in [-0.4, -0.2) is 13.1 Å². The zero-order valence-electron chi connectivity index (χ0n) is 8.90. The van der Waals surface area contributed by atoms with Crippen molar-refractivity contribution in [2.75, 3.05) is 13.1 Å². The first-order chi connectivity index (χ1) is 6.33. The monoisotopic (exact) mass is 179 g/mol. The van der Waals surface area contributed by atoms with Gasteiger partial charge in [-0.1, -0.05) is 31.1 Å². The predicted molar refractivity (Wildman–Crippen MR) is 58.9 cm³/mol. The van der Waals surface area contributed by atoms with Crippen LogP contribution in [0.4, 0.5) is 0 Å². The molecule has 74 valence electrons. The van der Waals surface area contributed by atoms with Crippen molar-refractivity contribution in [1.82, 2.24) is 5.32 Å². The van der Waals surface area contributed by atoms with Crippen molar-refractivity contribution >= 4 is 0 Å². The molecule has 0 atom stereocenters. The maximum atomic E-state index is 3.46. The van der Waals surface area contributed by atoms with E-state index >= 15 is 0 Å². The van der Waals surface area contributed by atoms with Crippen molar-refractivity contribution in [2.45, 2.75) is 39.5 Å². The molecule has 1 aliphatic carbocycles. The molecular formula is C12H21N. The molecule has 0 aliphatic heterocycles. The first-order valence-corrected chi connectivity index (χ1v) is 5.40. The highest BCUT2D eigenvalue weighted by Gasteiger charge is 2.00. The van der Waals surface area contributed by atoms with Gasteiger partial charge in [0.05, 0.1) is 0 Å². The van der Waals surface area contributed by atoms with E-state index in [1.54, 1.807) is 0 Å². The van der Waals surface area contributed by atoms with E-state index in [2.05, 4.69) is 31.3 Å². The van der Waals surface area contributed by atoms with E-state index in [1.165, 1.54) is 36.8 Å². The summed E-state index contributed by atoms with van der Waals surface area (Å²) in [5.74, 6) is 0. The standard InChI is InChI=1S/C12H21N/c1-3-4-8-13-10-12-7-5-6-11(2)9-12/h7,9,13H,3-6,8,10H2,1-2H3. The number of rotatable bonds is 5. The first-order valence-electron chi connectivity index (χ1n) is 5.40. The minimum Gasteiger partial charge on any atom is -0.313 e. The molecule has 0 aromatic carbocycles. The molecule has 1 N–H and O–H groups in total. The smallest absolute Gasteiger partial charge is 0.0202 e. The molecule has 0 saturated carbocycles. The molecule has 0 aromatic rings. The van der Waals surface area contributed by atoms with Crippen molar-refractivity contribution in [3.63, 3.8) is 0 Å². The van der Waals surface area contributed by atoms with Gasteiger partial charge in [0.1, 0.15) is 0 Å². The van der Waals surface area contributed by atoms with E-state index in [0.717, 1.165) is 13.1 Å². The third-order valence-electron chi connectivity index (χ3n) is 2.41. The third kappa shape index (κ3) is 4.28. The van der Waals surface area contributed by atoms with Crippen LogP contribution in [0, 0.1) is 0 Å². The number of allylic oxidation sites excluding steroid dienone is 2. The molecule has 0 unspecified atom stereocenters. The molecule has 0 fully saturated rings. The third-order valence-corrected chi connectivity index (χ3v) is 2.41. The van der Waals surface area contributed by atoms with Crippen LogP contribution in [0.15, 0.2) is 23.3 Å². The summed E-state index contributed by atoms with van der Waals surface area (Å²) in [7, 11) is 0. The highest BCUT2D eigenvalue weighted by molar-refractivity contribution is 5.27. The van der Waals surface area contributed by atoms with Crippen LogP contribution in [0.25, 0.3) is 0 Å². The van der Waals surface area contributed by atoms with Gasteiger partial charge in [-0.15, -0.1) is 0 Å². The lowest BCUT2D eigenvalue weighted by atomic mass is 10.0. The SMILES string of the molecule is CCCCNCC1=CCCC(C)=C1. The number of hydrogen-bond donors (Lipinski definition) is 1. The Balaban J connectivity index is 2.18. The Bertz CT molecular complexity index is 201. The van der Waals surface area contributed by atoms with Crippen LogP contribution in [0.2, 0.25) is 0 Å². The first kappa shape index (κ1) is 10.5. The quantitative estimate of drug-likeness (QED) is 0.640. The lowest BCUT2D eigenvalue weighted by molar-refractivity contribution is 0.672. The van der Waals surface area contributed by atoms with Gasteiger partial charge in [-0.3, -0.25) is 0 Å². The van der Waals surface area contributed by atoms with Crippen LogP contribution >= 0.6 is 0 Å². The van der Waals surface area contributed by atoms with Gasteiger partial charge in [0.2, 0.25) is 0 Å². The summed E-state index contributed by atoms with van der Waals surface area (Å²) in [6, 6.07) is 0. The van der Waals surface area contributed by atoms with Crippen molar-refractivity contribution in [1.29, 1.82) is 0 Å². The van der Waals surface area contributed by atoms with Crippen LogP contribution in [0.5, 0.6) is 0 Å². The van der Waals surface area contributed by atoms with Crippen LogP contribution in [0.3, 0.4) is 0 Å². The number of hydrogen-bond acceptors (Lipinski definition) is 1. The molecule has 0 saturated heterocycles. The normalized spacial score (nSPS) is 16.8. The van der Waals surface area contributed by atoms with Gasteiger partial charge in [0.15, 0.2) is 0 Å². The molecule has 1 aliphatic rings. The van der Waals surface area contributed by atoms with Gasteiger partial charge in [0, 0.05) is 6.54 Å². The summed E-state index contributed by atoms with van der Waals surface area (Å²) in [6.45, 7) is 6.66. The van der Waals surface area contributed by atoms with E-state index in [-0.39, 0.29) is 0 Å². The second kappa shape index (κ2) is 5.98. The molecule has 13 heavy (non-hydrogen) atoms. The van der Waals surface area contributed by atoms with Gasteiger partial charge >= 0.3 is 0 Å². The van der Waals surface area contributed by atoms with E-state index in [0.29, 0.717) is 0 Å². The second-order valence-corrected chi connectivity index (χ2v) is 3.84. The van der Waals surface area contributed by atoms with Crippen molar-refractivity contribution in [3.05, 3.63) is 23.3 Å². The fourth-order valence-corrected chi connectivity index (χ4v) is 1.59.